The zero-order valence-corrected chi connectivity index (χ0v) is 10.8. The summed E-state index contributed by atoms with van der Waals surface area (Å²) in [5.74, 6) is -0.120. The molecule has 3 atom stereocenters. The van der Waals surface area contributed by atoms with Crippen LogP contribution in [-0.4, -0.2) is 29.2 Å². The van der Waals surface area contributed by atoms with Crippen LogP contribution in [0.3, 0.4) is 0 Å². The molecule has 2 rings (SSSR count). The van der Waals surface area contributed by atoms with Gasteiger partial charge in [-0.25, -0.2) is 0 Å². The van der Waals surface area contributed by atoms with E-state index in [4.69, 9.17) is 0 Å². The molecule has 1 fully saturated rings. The van der Waals surface area contributed by atoms with E-state index in [1.54, 1.807) is 6.92 Å². The van der Waals surface area contributed by atoms with Gasteiger partial charge in [0.2, 0.25) is 5.91 Å². The molecule has 18 heavy (non-hydrogen) atoms. The number of hydrogen-bond acceptors (Lipinski definition) is 3. The fourth-order valence-corrected chi connectivity index (χ4v) is 2.54. The summed E-state index contributed by atoms with van der Waals surface area (Å²) in [7, 11) is 0. The fourth-order valence-electron chi connectivity index (χ4n) is 2.54. The Hall–Kier alpha value is -1.39. The molecule has 1 aromatic rings. The Morgan fingerprint density at radius 3 is 2.72 bits per heavy atom. The molecule has 0 bridgehead atoms. The van der Waals surface area contributed by atoms with Crippen LogP contribution in [0.4, 0.5) is 0 Å². The number of aliphatic hydroxyl groups is 1. The van der Waals surface area contributed by atoms with Crippen LogP contribution in [0.25, 0.3) is 0 Å². The molecule has 1 heterocycles. The second-order valence-electron chi connectivity index (χ2n) is 5.13. The van der Waals surface area contributed by atoms with Crippen molar-refractivity contribution in [2.24, 2.45) is 0 Å². The topological polar surface area (TPSA) is 61.4 Å². The lowest BCUT2D eigenvalue weighted by molar-refractivity contribution is -0.123. The van der Waals surface area contributed by atoms with E-state index in [0.29, 0.717) is 6.42 Å². The summed E-state index contributed by atoms with van der Waals surface area (Å²) in [4.78, 5) is 11.3. The number of carbonyl (C=O) groups excluding carboxylic acids is 1. The molecule has 1 saturated heterocycles. The molecular weight excluding hydrogens is 228 g/mol. The number of amides is 1. The smallest absolute Gasteiger partial charge is 0.217 e. The molecule has 0 saturated carbocycles. The van der Waals surface area contributed by atoms with E-state index in [1.807, 2.05) is 30.3 Å². The zero-order valence-electron chi connectivity index (χ0n) is 10.8. The molecule has 0 spiro atoms. The molecule has 3 N–H and O–H groups in total. The first-order chi connectivity index (χ1) is 8.50. The van der Waals surface area contributed by atoms with Crippen LogP contribution in [0.5, 0.6) is 0 Å². The minimum absolute atomic E-state index is 0.0566. The van der Waals surface area contributed by atoms with Crippen LogP contribution >= 0.6 is 0 Å². The molecule has 4 heteroatoms. The summed E-state index contributed by atoms with van der Waals surface area (Å²) in [5, 5.41) is 16.7. The lowest BCUT2D eigenvalue weighted by Crippen LogP contribution is -2.61. The van der Waals surface area contributed by atoms with Gasteiger partial charge in [0.15, 0.2) is 0 Å². The monoisotopic (exact) mass is 248 g/mol. The second-order valence-corrected chi connectivity index (χ2v) is 5.13. The first-order valence-corrected chi connectivity index (χ1v) is 6.28. The van der Waals surface area contributed by atoms with Gasteiger partial charge in [0.1, 0.15) is 0 Å². The van der Waals surface area contributed by atoms with Crippen molar-refractivity contribution >= 4 is 5.91 Å². The van der Waals surface area contributed by atoms with Crippen molar-refractivity contribution in [2.75, 3.05) is 6.54 Å². The van der Waals surface area contributed by atoms with Crippen LogP contribution in [-0.2, 0) is 4.79 Å². The Balaban J connectivity index is 2.28. The van der Waals surface area contributed by atoms with E-state index in [1.165, 1.54) is 6.92 Å². The molecular formula is C14H20N2O2. The SMILES string of the molecule is CC(=O)N[C@H]1[C@H](c2ccccc2)NCC[C@@]1(C)O. The normalized spacial score (nSPS) is 31.9. The summed E-state index contributed by atoms with van der Waals surface area (Å²) in [6, 6.07) is 9.53. The third-order valence-corrected chi connectivity index (χ3v) is 3.52. The Labute approximate surface area is 107 Å². The quantitative estimate of drug-likeness (QED) is 0.731. The van der Waals surface area contributed by atoms with Crippen LogP contribution in [0.15, 0.2) is 30.3 Å². The summed E-state index contributed by atoms with van der Waals surface area (Å²) in [6.45, 7) is 4.00. The van der Waals surface area contributed by atoms with Gasteiger partial charge in [-0.3, -0.25) is 4.79 Å². The van der Waals surface area contributed by atoms with E-state index < -0.39 is 5.60 Å². The number of benzene rings is 1. The summed E-state index contributed by atoms with van der Waals surface area (Å²) in [5.41, 5.74) is 0.188. The third kappa shape index (κ3) is 2.71. The first-order valence-electron chi connectivity index (χ1n) is 6.28. The molecule has 4 nitrogen and oxygen atoms in total. The highest BCUT2D eigenvalue weighted by Gasteiger charge is 2.41. The molecule has 1 aliphatic rings. The maximum Gasteiger partial charge on any atom is 0.217 e. The van der Waals surface area contributed by atoms with Crippen LogP contribution in [0, 0.1) is 0 Å². The Morgan fingerprint density at radius 1 is 1.44 bits per heavy atom. The minimum Gasteiger partial charge on any atom is -0.388 e. The Kier molecular flexibility index (Phi) is 3.68. The number of piperidine rings is 1. The Bertz CT molecular complexity index is 417. The van der Waals surface area contributed by atoms with E-state index in [-0.39, 0.29) is 18.0 Å². The molecule has 0 unspecified atom stereocenters. The number of rotatable bonds is 2. The Morgan fingerprint density at radius 2 is 2.11 bits per heavy atom. The van der Waals surface area contributed by atoms with Crippen molar-refractivity contribution < 1.29 is 9.90 Å². The van der Waals surface area contributed by atoms with E-state index in [0.717, 1.165) is 12.1 Å². The predicted octanol–water partition coefficient (Wildman–Crippen LogP) is 0.977. The van der Waals surface area contributed by atoms with Crippen LogP contribution in [0.1, 0.15) is 31.9 Å². The molecule has 1 aromatic carbocycles. The van der Waals surface area contributed by atoms with Crippen molar-refractivity contribution in [2.45, 2.75) is 38.0 Å². The maximum atomic E-state index is 11.3. The highest BCUT2D eigenvalue weighted by molar-refractivity contribution is 5.73. The molecule has 0 radical (unpaired) electrons. The van der Waals surface area contributed by atoms with Crippen molar-refractivity contribution in [3.05, 3.63) is 35.9 Å². The highest BCUT2D eigenvalue weighted by atomic mass is 16.3. The summed E-state index contributed by atoms with van der Waals surface area (Å²) in [6.07, 6.45) is 0.626. The molecule has 1 amide bonds. The lowest BCUT2D eigenvalue weighted by Gasteiger charge is -2.43. The highest BCUT2D eigenvalue weighted by Crippen LogP contribution is 2.30. The number of nitrogens with one attached hydrogen (secondary N) is 2. The van der Waals surface area contributed by atoms with Gasteiger partial charge < -0.3 is 15.7 Å². The minimum atomic E-state index is -0.891. The van der Waals surface area contributed by atoms with Crippen molar-refractivity contribution in [1.29, 1.82) is 0 Å². The zero-order chi connectivity index (χ0) is 13.2. The maximum absolute atomic E-state index is 11.3. The third-order valence-electron chi connectivity index (χ3n) is 3.52. The molecule has 1 aliphatic heterocycles. The van der Waals surface area contributed by atoms with Crippen molar-refractivity contribution in [1.82, 2.24) is 10.6 Å². The predicted molar refractivity (Wildman–Crippen MR) is 70.0 cm³/mol. The fraction of sp³-hybridized carbons (Fsp3) is 0.500. The molecule has 0 aliphatic carbocycles. The van der Waals surface area contributed by atoms with Gasteiger partial charge in [0, 0.05) is 6.92 Å². The summed E-state index contributed by atoms with van der Waals surface area (Å²) < 4.78 is 0. The van der Waals surface area contributed by atoms with E-state index in [2.05, 4.69) is 10.6 Å². The van der Waals surface area contributed by atoms with Crippen molar-refractivity contribution in [3.8, 4) is 0 Å². The largest absolute Gasteiger partial charge is 0.388 e. The van der Waals surface area contributed by atoms with Gasteiger partial charge in [0.25, 0.3) is 0 Å². The van der Waals surface area contributed by atoms with Gasteiger partial charge in [-0.1, -0.05) is 30.3 Å². The van der Waals surface area contributed by atoms with Gasteiger partial charge >= 0.3 is 0 Å². The van der Waals surface area contributed by atoms with Gasteiger partial charge in [-0.05, 0) is 25.5 Å². The van der Waals surface area contributed by atoms with E-state index >= 15 is 0 Å². The van der Waals surface area contributed by atoms with Gasteiger partial charge in [0.05, 0.1) is 17.7 Å². The van der Waals surface area contributed by atoms with Crippen LogP contribution in [0.2, 0.25) is 0 Å². The van der Waals surface area contributed by atoms with Crippen molar-refractivity contribution in [3.63, 3.8) is 0 Å². The average molecular weight is 248 g/mol. The van der Waals surface area contributed by atoms with Crippen LogP contribution < -0.4 is 10.6 Å². The standard InChI is InChI=1S/C14H20N2O2/c1-10(17)16-13-12(11-6-4-3-5-7-11)15-9-8-14(13,2)18/h3-7,12-13,15,18H,8-9H2,1-2H3,(H,16,17)/t12-,13-,14+/m0/s1. The average Bonchev–Trinajstić information content (AvgIpc) is 2.32. The number of hydrogen-bond donors (Lipinski definition) is 3. The van der Waals surface area contributed by atoms with Gasteiger partial charge in [-0.15, -0.1) is 0 Å². The first kappa shape index (κ1) is 13.1. The summed E-state index contributed by atoms with van der Waals surface area (Å²) >= 11 is 0. The van der Waals surface area contributed by atoms with E-state index in [9.17, 15) is 9.90 Å². The number of carbonyl (C=O) groups is 1. The molecule has 0 aromatic heterocycles. The second kappa shape index (κ2) is 5.08. The lowest BCUT2D eigenvalue weighted by atomic mass is 9.81. The molecule has 98 valence electrons. The van der Waals surface area contributed by atoms with Gasteiger partial charge in [-0.2, -0.15) is 0 Å².